The van der Waals surface area contributed by atoms with Crippen molar-refractivity contribution in [2.24, 2.45) is 8.73 Å². The van der Waals surface area contributed by atoms with E-state index in [9.17, 15) is 4.79 Å². The maximum Gasteiger partial charge on any atom is 0.234 e. The minimum atomic E-state index is -0.147. The van der Waals surface area contributed by atoms with Crippen LogP contribution in [0.3, 0.4) is 0 Å². The van der Waals surface area contributed by atoms with Crippen LogP contribution in [-0.4, -0.2) is 26.4 Å². The first kappa shape index (κ1) is 20.4. The Morgan fingerprint density at radius 1 is 1.09 bits per heavy atom. The van der Waals surface area contributed by atoms with E-state index in [0.29, 0.717) is 28.9 Å². The van der Waals surface area contributed by atoms with Gasteiger partial charge in [0.2, 0.25) is 5.91 Å². The summed E-state index contributed by atoms with van der Waals surface area (Å²) in [7, 11) is 0. The Kier molecular flexibility index (Phi) is 5.70. The van der Waals surface area contributed by atoms with Crippen molar-refractivity contribution in [1.82, 2.24) is 14.8 Å². The fraction of sp³-hybridized carbons (Fsp3) is 0.136. The number of rotatable bonds is 7. The molecule has 160 valence electrons. The van der Waals surface area contributed by atoms with Crippen molar-refractivity contribution in [3.05, 3.63) is 72.2 Å². The quantitative estimate of drug-likeness (QED) is 0.329. The van der Waals surface area contributed by atoms with E-state index in [4.69, 9.17) is 4.42 Å². The summed E-state index contributed by atoms with van der Waals surface area (Å²) in [6.07, 6.45) is 1.64. The highest BCUT2D eigenvalue weighted by atomic mass is 32.2. The summed E-state index contributed by atoms with van der Waals surface area (Å²) in [5, 5.41) is 12.3. The molecule has 32 heavy (non-hydrogen) atoms. The molecule has 0 spiro atoms. The number of thioether (sulfide) groups is 1. The molecule has 0 atom stereocenters. The molecule has 1 amide bonds. The molecule has 5 rings (SSSR count). The minimum absolute atomic E-state index is 0.147. The summed E-state index contributed by atoms with van der Waals surface area (Å²) < 4.78 is 15.9. The van der Waals surface area contributed by atoms with E-state index in [1.807, 2.05) is 54.0 Å². The van der Waals surface area contributed by atoms with Gasteiger partial charge < -0.3 is 9.73 Å². The lowest BCUT2D eigenvalue weighted by Gasteiger charge is -2.11. The SMILES string of the molecule is Cc1occc1-c1nnc(SCC(=O)Nc2cccc3c2N=S=N3)n1Cc1ccccc1. The summed E-state index contributed by atoms with van der Waals surface area (Å²) in [6, 6.07) is 17.5. The summed E-state index contributed by atoms with van der Waals surface area (Å²) in [5.74, 6) is 1.52. The molecule has 8 nitrogen and oxygen atoms in total. The molecule has 1 N–H and O–H groups in total. The fourth-order valence-electron chi connectivity index (χ4n) is 3.34. The van der Waals surface area contributed by atoms with Gasteiger partial charge in [0.1, 0.15) is 17.1 Å². The van der Waals surface area contributed by atoms with Crippen LogP contribution in [0.5, 0.6) is 0 Å². The number of nitrogens with one attached hydrogen (secondary N) is 1. The van der Waals surface area contributed by atoms with Crippen molar-refractivity contribution >= 4 is 46.1 Å². The van der Waals surface area contributed by atoms with Crippen LogP contribution in [0.1, 0.15) is 11.3 Å². The highest BCUT2D eigenvalue weighted by Gasteiger charge is 2.19. The van der Waals surface area contributed by atoms with Crippen LogP contribution >= 0.6 is 11.8 Å². The second kappa shape index (κ2) is 8.93. The first-order valence-corrected chi connectivity index (χ1v) is 11.6. The zero-order valence-electron chi connectivity index (χ0n) is 17.1. The molecule has 0 aliphatic carbocycles. The number of hydrogen-bond donors (Lipinski definition) is 1. The molecule has 10 heteroatoms. The van der Waals surface area contributed by atoms with E-state index < -0.39 is 0 Å². The van der Waals surface area contributed by atoms with Gasteiger partial charge in [0.25, 0.3) is 0 Å². The van der Waals surface area contributed by atoms with Gasteiger partial charge in [0.15, 0.2) is 11.0 Å². The average molecular weight is 463 g/mol. The van der Waals surface area contributed by atoms with Crippen LogP contribution in [0.25, 0.3) is 11.4 Å². The molecule has 0 bridgehead atoms. The van der Waals surface area contributed by atoms with Gasteiger partial charge in [-0.2, -0.15) is 8.73 Å². The number of benzene rings is 2. The molecular formula is C22H18N6O2S2. The van der Waals surface area contributed by atoms with Gasteiger partial charge in [0, 0.05) is 0 Å². The third-order valence-electron chi connectivity index (χ3n) is 4.89. The Hall–Kier alpha value is -3.50. The summed E-state index contributed by atoms with van der Waals surface area (Å²) in [5.41, 5.74) is 4.11. The van der Waals surface area contributed by atoms with Gasteiger partial charge in [-0.3, -0.25) is 9.36 Å². The maximum atomic E-state index is 12.7. The van der Waals surface area contributed by atoms with Gasteiger partial charge >= 0.3 is 0 Å². The average Bonchev–Trinajstić information content (AvgIpc) is 3.53. The van der Waals surface area contributed by atoms with E-state index in [1.54, 1.807) is 6.26 Å². The third kappa shape index (κ3) is 4.14. The highest BCUT2D eigenvalue weighted by Crippen LogP contribution is 2.38. The van der Waals surface area contributed by atoms with Crippen molar-refractivity contribution in [3.63, 3.8) is 0 Å². The predicted octanol–water partition coefficient (Wildman–Crippen LogP) is 5.35. The van der Waals surface area contributed by atoms with Gasteiger partial charge in [-0.15, -0.1) is 10.2 Å². The first-order valence-electron chi connectivity index (χ1n) is 9.84. The molecule has 1 aliphatic heterocycles. The Labute approximate surface area is 192 Å². The van der Waals surface area contributed by atoms with Crippen molar-refractivity contribution < 1.29 is 9.21 Å². The molecular weight excluding hydrogens is 444 g/mol. The van der Waals surface area contributed by atoms with Crippen molar-refractivity contribution in [1.29, 1.82) is 0 Å². The van der Waals surface area contributed by atoms with Crippen LogP contribution in [0.15, 0.2) is 79.2 Å². The lowest BCUT2D eigenvalue weighted by molar-refractivity contribution is -0.113. The Balaban J connectivity index is 1.36. The molecule has 0 radical (unpaired) electrons. The summed E-state index contributed by atoms with van der Waals surface area (Å²) >= 11 is 2.46. The van der Waals surface area contributed by atoms with Crippen LogP contribution < -0.4 is 5.32 Å². The number of anilines is 1. The molecule has 1 aliphatic rings. The van der Waals surface area contributed by atoms with Gasteiger partial charge in [-0.25, -0.2) is 0 Å². The molecule has 0 saturated heterocycles. The number of aromatic nitrogens is 3. The molecule has 2 aromatic carbocycles. The largest absolute Gasteiger partial charge is 0.469 e. The smallest absolute Gasteiger partial charge is 0.234 e. The molecule has 3 heterocycles. The second-order valence-corrected chi connectivity index (χ2v) is 8.51. The van der Waals surface area contributed by atoms with E-state index in [-0.39, 0.29) is 11.7 Å². The fourth-order valence-corrected chi connectivity index (χ4v) is 4.63. The predicted molar refractivity (Wildman–Crippen MR) is 125 cm³/mol. The normalized spacial score (nSPS) is 11.9. The van der Waals surface area contributed by atoms with Gasteiger partial charge in [-0.1, -0.05) is 48.2 Å². The topological polar surface area (TPSA) is 97.7 Å². The Bertz CT molecular complexity index is 1360. The molecule has 0 saturated carbocycles. The number of carbonyl (C=O) groups excluding carboxylic acids is 1. The Morgan fingerprint density at radius 3 is 2.78 bits per heavy atom. The molecule has 4 aromatic rings. The highest BCUT2D eigenvalue weighted by molar-refractivity contribution is 7.99. The number of furan rings is 1. The zero-order chi connectivity index (χ0) is 21.9. The van der Waals surface area contributed by atoms with Gasteiger partial charge in [0.05, 0.1) is 41.2 Å². The standard InChI is InChI=1S/C22H18N6O2S2/c1-14-16(10-11-30-14)21-24-25-22(28(21)12-15-6-3-2-4-7-15)31-13-19(29)23-17-8-5-9-18-20(17)27-32-26-18/h2-11H,12-13H2,1H3,(H,23,29). The van der Waals surface area contributed by atoms with E-state index in [2.05, 4.69) is 36.4 Å². The molecule has 0 fully saturated rings. The summed E-state index contributed by atoms with van der Waals surface area (Å²) in [4.78, 5) is 12.7. The Morgan fingerprint density at radius 2 is 1.97 bits per heavy atom. The minimum Gasteiger partial charge on any atom is -0.469 e. The van der Waals surface area contributed by atoms with Crippen LogP contribution in [0, 0.1) is 6.92 Å². The van der Waals surface area contributed by atoms with Crippen LogP contribution in [-0.2, 0) is 22.7 Å². The monoisotopic (exact) mass is 462 g/mol. The third-order valence-corrected chi connectivity index (χ3v) is 6.40. The van der Waals surface area contributed by atoms with Crippen LogP contribution in [0.2, 0.25) is 0 Å². The number of hydrogen-bond acceptors (Lipinski definition) is 7. The van der Waals surface area contributed by atoms with Crippen molar-refractivity contribution in [3.8, 4) is 11.4 Å². The molecule has 2 aromatic heterocycles. The molecule has 0 unspecified atom stereocenters. The first-order chi connectivity index (χ1) is 15.7. The number of aryl methyl sites for hydroxylation is 1. The van der Waals surface area contributed by atoms with E-state index in [1.165, 1.54) is 11.8 Å². The lowest BCUT2D eigenvalue weighted by Crippen LogP contribution is -2.15. The van der Waals surface area contributed by atoms with E-state index >= 15 is 0 Å². The van der Waals surface area contributed by atoms with Crippen molar-refractivity contribution in [2.75, 3.05) is 11.1 Å². The van der Waals surface area contributed by atoms with Gasteiger partial charge in [-0.05, 0) is 30.7 Å². The number of amides is 1. The number of nitrogens with zero attached hydrogens (tertiary/aromatic N) is 5. The van der Waals surface area contributed by atoms with E-state index in [0.717, 1.165) is 33.9 Å². The number of fused-ring (bicyclic) bond motifs is 1. The second-order valence-electron chi connectivity index (χ2n) is 7.04. The lowest BCUT2D eigenvalue weighted by atomic mass is 10.2. The summed E-state index contributed by atoms with van der Waals surface area (Å²) in [6.45, 7) is 2.48. The number of carbonyl (C=O) groups is 1. The van der Waals surface area contributed by atoms with Crippen molar-refractivity contribution in [2.45, 2.75) is 18.6 Å². The zero-order valence-corrected chi connectivity index (χ0v) is 18.7. The maximum absolute atomic E-state index is 12.7. The van der Waals surface area contributed by atoms with Crippen LogP contribution in [0.4, 0.5) is 17.1 Å².